The van der Waals surface area contributed by atoms with Crippen LogP contribution in [-0.4, -0.2) is 36.1 Å². The van der Waals surface area contributed by atoms with Gasteiger partial charge in [0.05, 0.1) is 6.61 Å². The first-order valence-corrected chi connectivity index (χ1v) is 16.6. The van der Waals surface area contributed by atoms with Gasteiger partial charge in [-0.25, -0.2) is 4.99 Å². The number of rotatable bonds is 9. The van der Waals surface area contributed by atoms with Crippen molar-refractivity contribution in [3.05, 3.63) is 39.8 Å². The maximum absolute atomic E-state index is 6.18. The van der Waals surface area contributed by atoms with E-state index in [1.807, 2.05) is 18.2 Å². The van der Waals surface area contributed by atoms with Crippen molar-refractivity contribution in [1.29, 1.82) is 0 Å². The molecule has 0 saturated carbocycles. The van der Waals surface area contributed by atoms with Crippen LogP contribution >= 0.6 is 22.6 Å². The van der Waals surface area contributed by atoms with Crippen LogP contribution in [0.4, 0.5) is 0 Å². The van der Waals surface area contributed by atoms with Gasteiger partial charge in [0.1, 0.15) is 12.4 Å². The molecule has 0 bridgehead atoms. The number of halogens is 1. The molecule has 1 aromatic rings. The van der Waals surface area contributed by atoms with Gasteiger partial charge in [-0.2, -0.15) is 0 Å². The Kier molecular flexibility index (Phi) is 8.77. The van der Waals surface area contributed by atoms with Crippen molar-refractivity contribution in [2.45, 2.75) is 58.5 Å². The number of hydrogen-bond donors (Lipinski definition) is 0. The maximum atomic E-state index is 6.18. The summed E-state index contributed by atoms with van der Waals surface area (Å²) in [6, 6.07) is 6.03. The van der Waals surface area contributed by atoms with Gasteiger partial charge in [0.25, 0.3) is 0 Å². The van der Waals surface area contributed by atoms with E-state index >= 15 is 0 Å². The molecular weight excluding hydrogens is 485 g/mol. The highest BCUT2D eigenvalue weighted by Gasteiger charge is 2.36. The Morgan fingerprint density at radius 2 is 1.78 bits per heavy atom. The summed E-state index contributed by atoms with van der Waals surface area (Å²) < 4.78 is 19.1. The summed E-state index contributed by atoms with van der Waals surface area (Å²) in [5.74, 6) is 1.24. The van der Waals surface area contributed by atoms with Crippen LogP contribution in [0.25, 0.3) is 0 Å². The quantitative estimate of drug-likeness (QED) is 0.124. The molecule has 0 aliphatic rings. The largest absolute Gasteiger partial charge is 0.532 e. The van der Waals surface area contributed by atoms with E-state index in [0.29, 0.717) is 19.1 Å². The lowest BCUT2D eigenvalue weighted by Crippen LogP contribution is -2.41. The van der Waals surface area contributed by atoms with Crippen molar-refractivity contribution in [2.75, 3.05) is 13.2 Å². The van der Waals surface area contributed by atoms with E-state index in [9.17, 15) is 0 Å². The molecule has 1 aromatic carbocycles. The standard InChI is InChI=1S/C20H34INO3Si2/c1-16(25-26(5,6)7)22-15-17-14-18(21)10-11-19(17)23-12-13-24-27(8,9)20(2,3)4/h10-11,14-15H,1,12-13H2,2-9H3. The molecule has 0 spiro atoms. The first-order valence-electron chi connectivity index (χ1n) is 9.19. The van der Waals surface area contributed by atoms with Crippen molar-refractivity contribution in [3.63, 3.8) is 0 Å². The fourth-order valence-electron chi connectivity index (χ4n) is 1.94. The Labute approximate surface area is 180 Å². The van der Waals surface area contributed by atoms with Crippen molar-refractivity contribution in [1.82, 2.24) is 0 Å². The minimum absolute atomic E-state index is 0.199. The van der Waals surface area contributed by atoms with Crippen molar-refractivity contribution >= 4 is 45.4 Å². The zero-order valence-electron chi connectivity index (χ0n) is 18.0. The van der Waals surface area contributed by atoms with Gasteiger partial charge in [-0.3, -0.25) is 0 Å². The summed E-state index contributed by atoms with van der Waals surface area (Å²) in [6.45, 7) is 22.5. The number of hydrogen-bond acceptors (Lipinski definition) is 4. The molecule has 0 saturated heterocycles. The number of benzene rings is 1. The second kappa shape index (κ2) is 9.71. The highest BCUT2D eigenvalue weighted by atomic mass is 127. The molecule has 0 aromatic heterocycles. The monoisotopic (exact) mass is 519 g/mol. The lowest BCUT2D eigenvalue weighted by atomic mass is 10.2. The molecule has 4 nitrogen and oxygen atoms in total. The zero-order chi connectivity index (χ0) is 20.9. The van der Waals surface area contributed by atoms with E-state index in [2.05, 4.69) is 87.7 Å². The fourth-order valence-corrected chi connectivity index (χ4v) is 4.24. The minimum Gasteiger partial charge on any atom is -0.532 e. The molecular formula is C20H34INO3Si2. The van der Waals surface area contributed by atoms with Crippen molar-refractivity contribution in [2.24, 2.45) is 4.99 Å². The van der Waals surface area contributed by atoms with E-state index in [1.54, 1.807) is 6.21 Å². The van der Waals surface area contributed by atoms with Gasteiger partial charge < -0.3 is 13.6 Å². The normalized spacial score (nSPS) is 13.1. The molecule has 0 fully saturated rings. The maximum Gasteiger partial charge on any atom is 0.244 e. The smallest absolute Gasteiger partial charge is 0.244 e. The average Bonchev–Trinajstić information content (AvgIpc) is 2.48. The lowest BCUT2D eigenvalue weighted by molar-refractivity contribution is 0.203. The van der Waals surface area contributed by atoms with Crippen LogP contribution in [-0.2, 0) is 8.85 Å². The third kappa shape index (κ3) is 8.93. The van der Waals surface area contributed by atoms with Gasteiger partial charge in [-0.05, 0) is 85.1 Å². The van der Waals surface area contributed by atoms with Crippen LogP contribution in [0.1, 0.15) is 26.3 Å². The van der Waals surface area contributed by atoms with Crippen LogP contribution in [0, 0.1) is 3.57 Å². The molecule has 0 N–H and O–H groups in total. The third-order valence-corrected chi connectivity index (χ3v) is 10.4. The van der Waals surface area contributed by atoms with E-state index in [4.69, 9.17) is 13.6 Å². The first kappa shape index (κ1) is 24.4. The van der Waals surface area contributed by atoms with Gasteiger partial charge in [-0.1, -0.05) is 20.8 Å². The molecule has 0 atom stereocenters. The number of aliphatic imine (C=N–C) groups is 1. The second-order valence-corrected chi connectivity index (χ2v) is 19.5. The average molecular weight is 520 g/mol. The number of nitrogens with zero attached hydrogens (tertiary/aromatic N) is 1. The molecule has 0 unspecified atom stereocenters. The molecule has 152 valence electrons. The van der Waals surface area contributed by atoms with E-state index < -0.39 is 16.6 Å². The van der Waals surface area contributed by atoms with Crippen LogP contribution in [0.3, 0.4) is 0 Å². The van der Waals surface area contributed by atoms with Crippen LogP contribution < -0.4 is 4.74 Å². The summed E-state index contributed by atoms with van der Waals surface area (Å²) in [4.78, 5) is 4.37. The highest BCUT2D eigenvalue weighted by molar-refractivity contribution is 14.1. The minimum atomic E-state index is -1.75. The van der Waals surface area contributed by atoms with Crippen LogP contribution in [0.5, 0.6) is 5.75 Å². The summed E-state index contributed by atoms with van der Waals surface area (Å²) in [7, 11) is -3.45. The molecule has 0 aliphatic carbocycles. The first-order chi connectivity index (χ1) is 12.2. The summed E-state index contributed by atoms with van der Waals surface area (Å²) in [5, 5.41) is 0.199. The van der Waals surface area contributed by atoms with Gasteiger partial charge in [0.15, 0.2) is 14.2 Å². The van der Waals surface area contributed by atoms with Crippen molar-refractivity contribution < 1.29 is 13.6 Å². The Morgan fingerprint density at radius 1 is 1.15 bits per heavy atom. The van der Waals surface area contributed by atoms with Crippen molar-refractivity contribution in [3.8, 4) is 5.75 Å². The van der Waals surface area contributed by atoms with Gasteiger partial charge in [0, 0.05) is 15.3 Å². The Hall–Kier alpha value is -0.646. The Bertz CT molecular complexity index is 677. The van der Waals surface area contributed by atoms with E-state index in [1.165, 1.54) is 0 Å². The predicted octanol–water partition coefficient (Wildman–Crippen LogP) is 6.43. The number of ether oxygens (including phenoxy) is 1. The summed E-state index contributed by atoms with van der Waals surface area (Å²) in [5.41, 5.74) is 0.912. The fraction of sp³-hybridized carbons (Fsp3) is 0.550. The predicted molar refractivity (Wildman–Crippen MR) is 129 cm³/mol. The van der Waals surface area contributed by atoms with Crippen LogP contribution in [0.15, 0.2) is 35.7 Å². The third-order valence-electron chi connectivity index (χ3n) is 4.35. The Balaban J connectivity index is 2.73. The molecule has 0 heterocycles. The molecule has 0 amide bonds. The topological polar surface area (TPSA) is 40.0 Å². The molecule has 1 rings (SSSR count). The zero-order valence-corrected chi connectivity index (χ0v) is 22.1. The molecule has 0 radical (unpaired) electrons. The highest BCUT2D eigenvalue weighted by Crippen LogP contribution is 2.36. The van der Waals surface area contributed by atoms with Gasteiger partial charge in [-0.15, -0.1) is 0 Å². The SMILES string of the molecule is C=C(N=Cc1cc(I)ccc1OCCO[Si](C)(C)C(C)(C)C)O[Si](C)(C)C. The molecule has 27 heavy (non-hydrogen) atoms. The van der Waals surface area contributed by atoms with E-state index in [0.717, 1.165) is 14.9 Å². The lowest BCUT2D eigenvalue weighted by Gasteiger charge is -2.36. The summed E-state index contributed by atoms with van der Waals surface area (Å²) in [6.07, 6.45) is 1.76. The summed E-state index contributed by atoms with van der Waals surface area (Å²) >= 11 is 2.28. The van der Waals surface area contributed by atoms with Gasteiger partial charge in [0.2, 0.25) is 8.32 Å². The second-order valence-electron chi connectivity index (χ2n) is 9.01. The van der Waals surface area contributed by atoms with E-state index in [-0.39, 0.29) is 5.04 Å². The molecule has 0 aliphatic heterocycles. The van der Waals surface area contributed by atoms with Gasteiger partial charge >= 0.3 is 0 Å². The Morgan fingerprint density at radius 3 is 2.33 bits per heavy atom. The van der Waals surface area contributed by atoms with Crippen LogP contribution in [0.2, 0.25) is 37.8 Å². The molecule has 7 heteroatoms.